The van der Waals surface area contributed by atoms with Crippen LogP contribution in [0.25, 0.3) is 6.08 Å². The van der Waals surface area contributed by atoms with Crippen LogP contribution in [0.4, 0.5) is 0 Å². The van der Waals surface area contributed by atoms with Gasteiger partial charge in [0.25, 0.3) is 0 Å². The second-order valence-electron chi connectivity index (χ2n) is 5.73. The van der Waals surface area contributed by atoms with E-state index in [1.807, 2.05) is 0 Å². The third-order valence-electron chi connectivity index (χ3n) is 4.37. The Morgan fingerprint density at radius 2 is 1.75 bits per heavy atom. The SMILES string of the molecule is COc1ccc(C2(C)CC2/C=C/c2ccccc2)cc1. The zero-order valence-electron chi connectivity index (χ0n) is 12.0. The van der Waals surface area contributed by atoms with Crippen molar-refractivity contribution < 1.29 is 4.74 Å². The molecular formula is C19H20O. The molecule has 0 spiro atoms. The molecule has 1 heteroatoms. The maximum Gasteiger partial charge on any atom is 0.118 e. The molecule has 1 aliphatic carbocycles. The highest BCUT2D eigenvalue weighted by Gasteiger charge is 2.49. The Morgan fingerprint density at radius 3 is 2.40 bits per heavy atom. The summed E-state index contributed by atoms with van der Waals surface area (Å²) in [4.78, 5) is 0. The van der Waals surface area contributed by atoms with Crippen LogP contribution in [0.2, 0.25) is 0 Å². The first-order chi connectivity index (χ1) is 9.72. The Labute approximate surface area is 120 Å². The summed E-state index contributed by atoms with van der Waals surface area (Å²) in [5, 5.41) is 0. The molecule has 0 aliphatic heterocycles. The first-order valence-corrected chi connectivity index (χ1v) is 7.10. The van der Waals surface area contributed by atoms with Crippen molar-refractivity contribution >= 4 is 6.08 Å². The lowest BCUT2D eigenvalue weighted by atomic mass is 9.95. The van der Waals surface area contributed by atoms with Crippen molar-refractivity contribution in [2.75, 3.05) is 7.11 Å². The van der Waals surface area contributed by atoms with Crippen molar-refractivity contribution in [1.29, 1.82) is 0 Å². The Hall–Kier alpha value is -2.02. The van der Waals surface area contributed by atoms with Gasteiger partial charge in [0.05, 0.1) is 7.11 Å². The lowest BCUT2D eigenvalue weighted by Gasteiger charge is -2.11. The van der Waals surface area contributed by atoms with E-state index in [1.54, 1.807) is 7.11 Å². The molecule has 20 heavy (non-hydrogen) atoms. The van der Waals surface area contributed by atoms with Gasteiger partial charge in [0.1, 0.15) is 5.75 Å². The molecule has 2 aromatic rings. The molecule has 0 aromatic heterocycles. The van der Waals surface area contributed by atoms with Crippen molar-refractivity contribution in [3.05, 3.63) is 71.8 Å². The predicted molar refractivity (Wildman–Crippen MR) is 83.9 cm³/mol. The summed E-state index contributed by atoms with van der Waals surface area (Å²) in [6, 6.07) is 19.0. The second kappa shape index (κ2) is 5.16. The molecule has 0 heterocycles. The zero-order valence-corrected chi connectivity index (χ0v) is 12.0. The zero-order chi connectivity index (χ0) is 14.0. The van der Waals surface area contributed by atoms with Crippen LogP contribution < -0.4 is 4.74 Å². The predicted octanol–water partition coefficient (Wildman–Crippen LogP) is 4.69. The van der Waals surface area contributed by atoms with Crippen molar-refractivity contribution in [3.63, 3.8) is 0 Å². The summed E-state index contributed by atoms with van der Waals surface area (Å²) in [6.45, 7) is 2.34. The molecule has 1 aliphatic rings. The third-order valence-corrected chi connectivity index (χ3v) is 4.37. The highest BCUT2D eigenvalue weighted by atomic mass is 16.5. The van der Waals surface area contributed by atoms with E-state index in [1.165, 1.54) is 17.5 Å². The van der Waals surface area contributed by atoms with Gasteiger partial charge in [0.2, 0.25) is 0 Å². The molecule has 2 aromatic carbocycles. The Morgan fingerprint density at radius 1 is 1.05 bits per heavy atom. The van der Waals surface area contributed by atoms with E-state index in [4.69, 9.17) is 4.74 Å². The molecule has 2 atom stereocenters. The van der Waals surface area contributed by atoms with Crippen molar-refractivity contribution in [2.24, 2.45) is 5.92 Å². The van der Waals surface area contributed by atoms with Crippen LogP contribution in [-0.2, 0) is 5.41 Å². The number of ether oxygens (including phenoxy) is 1. The summed E-state index contributed by atoms with van der Waals surface area (Å²) < 4.78 is 5.22. The number of hydrogen-bond acceptors (Lipinski definition) is 1. The van der Waals surface area contributed by atoms with Crippen LogP contribution in [0.15, 0.2) is 60.7 Å². The monoisotopic (exact) mass is 264 g/mol. The fourth-order valence-electron chi connectivity index (χ4n) is 2.77. The minimum atomic E-state index is 0.289. The van der Waals surface area contributed by atoms with Crippen molar-refractivity contribution in [2.45, 2.75) is 18.8 Å². The largest absolute Gasteiger partial charge is 0.497 e. The fraction of sp³-hybridized carbons (Fsp3) is 0.263. The molecule has 1 fully saturated rings. The Balaban J connectivity index is 1.71. The number of hydrogen-bond donors (Lipinski definition) is 0. The van der Waals surface area contributed by atoms with E-state index in [-0.39, 0.29) is 5.41 Å². The minimum absolute atomic E-state index is 0.289. The summed E-state index contributed by atoms with van der Waals surface area (Å²) in [7, 11) is 1.71. The van der Waals surface area contributed by atoms with Crippen LogP contribution in [-0.4, -0.2) is 7.11 Å². The van der Waals surface area contributed by atoms with E-state index in [0.717, 1.165) is 5.75 Å². The minimum Gasteiger partial charge on any atom is -0.497 e. The van der Waals surface area contributed by atoms with Gasteiger partial charge in [-0.25, -0.2) is 0 Å². The molecule has 0 radical (unpaired) electrons. The molecule has 3 rings (SSSR count). The van der Waals surface area contributed by atoms with Crippen LogP contribution >= 0.6 is 0 Å². The molecule has 2 unspecified atom stereocenters. The Kier molecular flexibility index (Phi) is 3.35. The van der Waals surface area contributed by atoms with Gasteiger partial charge in [0.15, 0.2) is 0 Å². The van der Waals surface area contributed by atoms with E-state index in [9.17, 15) is 0 Å². The summed E-state index contributed by atoms with van der Waals surface area (Å²) in [6.07, 6.45) is 5.81. The maximum absolute atomic E-state index is 5.22. The number of allylic oxidation sites excluding steroid dienone is 1. The first-order valence-electron chi connectivity index (χ1n) is 7.10. The highest BCUT2D eigenvalue weighted by molar-refractivity contribution is 5.51. The normalized spacial score (nSPS) is 24.8. The van der Waals surface area contributed by atoms with Gasteiger partial charge in [0, 0.05) is 0 Å². The third kappa shape index (κ3) is 2.49. The standard InChI is InChI=1S/C19H20O/c1-19(16-10-12-18(20-2)13-11-16)14-17(19)9-8-15-6-4-3-5-7-15/h3-13,17H,14H2,1-2H3/b9-8+. The van der Waals surface area contributed by atoms with Crippen molar-refractivity contribution in [1.82, 2.24) is 0 Å². The van der Waals surface area contributed by atoms with Gasteiger partial charge in [-0.3, -0.25) is 0 Å². The van der Waals surface area contributed by atoms with Gasteiger partial charge in [-0.05, 0) is 41.0 Å². The fourth-order valence-corrected chi connectivity index (χ4v) is 2.77. The second-order valence-corrected chi connectivity index (χ2v) is 5.73. The first kappa shape index (κ1) is 13.0. The van der Waals surface area contributed by atoms with Crippen LogP contribution in [0, 0.1) is 5.92 Å². The van der Waals surface area contributed by atoms with Crippen LogP contribution in [0.5, 0.6) is 5.75 Å². The van der Waals surface area contributed by atoms with Crippen LogP contribution in [0.1, 0.15) is 24.5 Å². The summed E-state index contributed by atoms with van der Waals surface area (Å²) in [5.74, 6) is 1.56. The number of rotatable bonds is 4. The molecular weight excluding hydrogens is 244 g/mol. The van der Waals surface area contributed by atoms with Gasteiger partial charge in [-0.2, -0.15) is 0 Å². The molecule has 1 nitrogen and oxygen atoms in total. The average Bonchev–Trinajstić information content (AvgIpc) is 3.18. The molecule has 102 valence electrons. The molecule has 1 saturated carbocycles. The lowest BCUT2D eigenvalue weighted by molar-refractivity contribution is 0.414. The van der Waals surface area contributed by atoms with Gasteiger partial charge in [-0.15, -0.1) is 0 Å². The topological polar surface area (TPSA) is 9.23 Å². The summed E-state index contributed by atoms with van der Waals surface area (Å²) in [5.41, 5.74) is 2.97. The highest BCUT2D eigenvalue weighted by Crippen LogP contribution is 2.55. The van der Waals surface area contributed by atoms with Crippen molar-refractivity contribution in [3.8, 4) is 5.75 Å². The van der Waals surface area contributed by atoms with E-state index >= 15 is 0 Å². The van der Waals surface area contributed by atoms with E-state index < -0.39 is 0 Å². The quantitative estimate of drug-likeness (QED) is 0.778. The number of benzene rings is 2. The van der Waals surface area contributed by atoms with E-state index in [2.05, 4.69) is 73.7 Å². The summed E-state index contributed by atoms with van der Waals surface area (Å²) >= 11 is 0. The molecule has 0 saturated heterocycles. The molecule has 0 N–H and O–H groups in total. The smallest absolute Gasteiger partial charge is 0.118 e. The Bertz CT molecular complexity index is 597. The van der Waals surface area contributed by atoms with Crippen LogP contribution in [0.3, 0.4) is 0 Å². The van der Waals surface area contributed by atoms with Gasteiger partial charge in [-0.1, -0.05) is 61.5 Å². The average molecular weight is 264 g/mol. The number of methoxy groups -OCH3 is 1. The molecule has 0 bridgehead atoms. The van der Waals surface area contributed by atoms with Gasteiger partial charge >= 0.3 is 0 Å². The lowest BCUT2D eigenvalue weighted by Crippen LogP contribution is -2.03. The molecule has 0 amide bonds. The maximum atomic E-state index is 5.22. The van der Waals surface area contributed by atoms with Gasteiger partial charge < -0.3 is 4.74 Å². The van der Waals surface area contributed by atoms with E-state index in [0.29, 0.717) is 5.92 Å².